The number of carbonyl (C=O) groups is 3. The van der Waals surface area contributed by atoms with Gasteiger partial charge in [0.1, 0.15) is 0 Å². The Hall–Kier alpha value is -3.23. The van der Waals surface area contributed by atoms with Gasteiger partial charge in [-0.25, -0.2) is 9.59 Å². The third kappa shape index (κ3) is 9.41. The average molecular weight is 428 g/mol. The Bertz CT molecular complexity index is 853. The summed E-state index contributed by atoms with van der Waals surface area (Å²) >= 11 is 0. The van der Waals surface area contributed by atoms with Crippen LogP contribution in [0.3, 0.4) is 0 Å². The van der Waals surface area contributed by atoms with Crippen LogP contribution in [0.4, 0.5) is 5.69 Å². The minimum Gasteiger partial charge on any atom is -0.473 e. The molecule has 8 heteroatoms. The number of carboxylic acids is 2. The lowest BCUT2D eigenvalue weighted by Crippen LogP contribution is -2.46. The van der Waals surface area contributed by atoms with Gasteiger partial charge in [0.25, 0.3) is 0 Å². The van der Waals surface area contributed by atoms with Crippen molar-refractivity contribution in [3.8, 4) is 0 Å². The molecule has 0 spiro atoms. The number of piperazine rings is 1. The van der Waals surface area contributed by atoms with Crippen LogP contribution in [-0.2, 0) is 20.9 Å². The molecular weight excluding hydrogens is 398 g/mol. The van der Waals surface area contributed by atoms with Crippen LogP contribution in [0.2, 0.25) is 0 Å². The summed E-state index contributed by atoms with van der Waals surface area (Å²) in [7, 11) is 0. The lowest BCUT2D eigenvalue weighted by molar-refractivity contribution is -0.159. The minimum atomic E-state index is -1.82. The summed E-state index contributed by atoms with van der Waals surface area (Å²) in [5.41, 5.74) is 3.42. The third-order valence-corrected chi connectivity index (χ3v) is 4.85. The highest BCUT2D eigenvalue weighted by atomic mass is 16.4. The van der Waals surface area contributed by atoms with E-state index in [-0.39, 0.29) is 5.91 Å². The van der Waals surface area contributed by atoms with E-state index in [1.54, 1.807) is 0 Å². The summed E-state index contributed by atoms with van der Waals surface area (Å²) in [5.74, 6) is -3.55. The van der Waals surface area contributed by atoms with E-state index in [9.17, 15) is 4.79 Å². The fourth-order valence-electron chi connectivity index (χ4n) is 3.22. The molecule has 1 aliphatic heterocycles. The first-order valence-electron chi connectivity index (χ1n) is 10.1. The van der Waals surface area contributed by atoms with E-state index in [0.717, 1.165) is 50.5 Å². The molecule has 0 atom stereocenters. The van der Waals surface area contributed by atoms with Crippen molar-refractivity contribution in [2.24, 2.45) is 0 Å². The second-order valence-corrected chi connectivity index (χ2v) is 7.38. The molecule has 2 aromatic carbocycles. The van der Waals surface area contributed by atoms with Crippen LogP contribution in [-0.4, -0.2) is 70.6 Å². The summed E-state index contributed by atoms with van der Waals surface area (Å²) < 4.78 is 0. The average Bonchev–Trinajstić information content (AvgIpc) is 2.74. The molecule has 0 saturated carbocycles. The molecule has 166 valence electrons. The number of nitrogens with zero attached hydrogens (tertiary/aromatic N) is 2. The first-order valence-corrected chi connectivity index (χ1v) is 10.1. The molecule has 0 aromatic heterocycles. The number of hydrogen-bond acceptors (Lipinski definition) is 5. The number of anilines is 1. The maximum Gasteiger partial charge on any atom is 0.414 e. The standard InChI is InChI=1S/C21H27N3O.C2H2O4/c1-18-6-5-9-20(16-18)22-21(25)10-11-23-12-14-24(15-13-23)17-19-7-3-2-4-8-19;3-1(4)2(5)6/h2-9,16H,10-15,17H2,1H3,(H,22,25);(H,3,4)(H,5,6). The summed E-state index contributed by atoms with van der Waals surface area (Å²) in [6.07, 6.45) is 0.548. The van der Waals surface area contributed by atoms with Crippen LogP contribution in [0.1, 0.15) is 17.5 Å². The molecule has 1 saturated heterocycles. The molecule has 0 radical (unpaired) electrons. The largest absolute Gasteiger partial charge is 0.473 e. The van der Waals surface area contributed by atoms with Crippen LogP contribution in [0.25, 0.3) is 0 Å². The maximum atomic E-state index is 12.1. The van der Waals surface area contributed by atoms with Gasteiger partial charge in [0.05, 0.1) is 0 Å². The van der Waals surface area contributed by atoms with Gasteiger partial charge in [0, 0.05) is 51.4 Å². The van der Waals surface area contributed by atoms with Gasteiger partial charge in [-0.15, -0.1) is 0 Å². The molecule has 2 aromatic rings. The minimum absolute atomic E-state index is 0.0947. The Kier molecular flexibility index (Phi) is 9.67. The van der Waals surface area contributed by atoms with E-state index in [1.807, 2.05) is 31.2 Å². The van der Waals surface area contributed by atoms with Crippen molar-refractivity contribution in [3.05, 3.63) is 65.7 Å². The normalized spacial score (nSPS) is 14.2. The second kappa shape index (κ2) is 12.5. The lowest BCUT2D eigenvalue weighted by Gasteiger charge is -2.34. The quantitative estimate of drug-likeness (QED) is 0.607. The van der Waals surface area contributed by atoms with Gasteiger partial charge in [0.2, 0.25) is 5.91 Å². The molecule has 1 fully saturated rings. The number of aryl methyl sites for hydroxylation is 1. The zero-order valence-corrected chi connectivity index (χ0v) is 17.7. The molecular formula is C23H29N3O5. The Morgan fingerprint density at radius 1 is 0.871 bits per heavy atom. The smallest absolute Gasteiger partial charge is 0.414 e. The van der Waals surface area contributed by atoms with E-state index in [0.29, 0.717) is 6.42 Å². The molecule has 0 bridgehead atoms. The number of rotatable bonds is 6. The number of benzene rings is 2. The van der Waals surface area contributed by atoms with E-state index in [4.69, 9.17) is 19.8 Å². The zero-order valence-electron chi connectivity index (χ0n) is 17.7. The van der Waals surface area contributed by atoms with Gasteiger partial charge in [-0.3, -0.25) is 9.69 Å². The topological polar surface area (TPSA) is 110 Å². The molecule has 3 rings (SSSR count). The van der Waals surface area contributed by atoms with Crippen LogP contribution >= 0.6 is 0 Å². The summed E-state index contributed by atoms with van der Waals surface area (Å²) in [5, 5.41) is 17.8. The number of hydrogen-bond donors (Lipinski definition) is 3. The van der Waals surface area contributed by atoms with Crippen LogP contribution in [0.15, 0.2) is 54.6 Å². The molecule has 0 unspecified atom stereocenters. The van der Waals surface area contributed by atoms with Gasteiger partial charge in [-0.2, -0.15) is 0 Å². The van der Waals surface area contributed by atoms with E-state index >= 15 is 0 Å². The number of carbonyl (C=O) groups excluding carboxylic acids is 1. The van der Waals surface area contributed by atoms with Crippen molar-refractivity contribution >= 4 is 23.5 Å². The van der Waals surface area contributed by atoms with Gasteiger partial charge >= 0.3 is 11.9 Å². The van der Waals surface area contributed by atoms with Crippen molar-refractivity contribution in [2.45, 2.75) is 19.9 Å². The number of nitrogens with one attached hydrogen (secondary N) is 1. The zero-order chi connectivity index (χ0) is 22.6. The highest BCUT2D eigenvalue weighted by Gasteiger charge is 2.17. The number of aliphatic carboxylic acids is 2. The highest BCUT2D eigenvalue weighted by molar-refractivity contribution is 6.27. The van der Waals surface area contributed by atoms with Crippen LogP contribution in [0, 0.1) is 6.92 Å². The van der Waals surface area contributed by atoms with Crippen molar-refractivity contribution in [1.29, 1.82) is 0 Å². The first kappa shape index (κ1) is 24.0. The second-order valence-electron chi connectivity index (χ2n) is 7.38. The predicted octanol–water partition coefficient (Wildman–Crippen LogP) is 2.30. The first-order chi connectivity index (χ1) is 14.8. The summed E-state index contributed by atoms with van der Waals surface area (Å²) in [4.78, 5) is 35.2. The van der Waals surface area contributed by atoms with Gasteiger partial charge in [-0.1, -0.05) is 42.5 Å². The van der Waals surface area contributed by atoms with Crippen molar-refractivity contribution in [2.75, 3.05) is 38.0 Å². The maximum absolute atomic E-state index is 12.1. The fraction of sp³-hybridized carbons (Fsp3) is 0.348. The van der Waals surface area contributed by atoms with E-state index in [1.165, 1.54) is 5.56 Å². The Balaban J connectivity index is 0.000000501. The highest BCUT2D eigenvalue weighted by Crippen LogP contribution is 2.11. The third-order valence-electron chi connectivity index (χ3n) is 4.85. The van der Waals surface area contributed by atoms with Crippen molar-refractivity contribution < 1.29 is 24.6 Å². The van der Waals surface area contributed by atoms with Gasteiger partial charge in [-0.05, 0) is 30.2 Å². The van der Waals surface area contributed by atoms with E-state index < -0.39 is 11.9 Å². The Morgan fingerprint density at radius 2 is 1.48 bits per heavy atom. The van der Waals surface area contributed by atoms with Crippen LogP contribution < -0.4 is 5.32 Å². The molecule has 3 N–H and O–H groups in total. The Morgan fingerprint density at radius 3 is 2.06 bits per heavy atom. The summed E-state index contributed by atoms with van der Waals surface area (Å²) in [6, 6.07) is 18.6. The SMILES string of the molecule is Cc1cccc(NC(=O)CCN2CCN(Cc3ccccc3)CC2)c1.O=C(O)C(=O)O. The Labute approximate surface area is 182 Å². The number of carboxylic acid groups (broad SMARTS) is 2. The van der Waals surface area contributed by atoms with Crippen molar-refractivity contribution in [1.82, 2.24) is 9.80 Å². The van der Waals surface area contributed by atoms with Gasteiger partial charge < -0.3 is 20.4 Å². The lowest BCUT2D eigenvalue weighted by atomic mass is 10.2. The number of amides is 1. The van der Waals surface area contributed by atoms with E-state index in [2.05, 4.69) is 45.4 Å². The fourth-order valence-corrected chi connectivity index (χ4v) is 3.22. The van der Waals surface area contributed by atoms with Crippen LogP contribution in [0.5, 0.6) is 0 Å². The molecule has 1 amide bonds. The molecule has 31 heavy (non-hydrogen) atoms. The van der Waals surface area contributed by atoms with Crippen molar-refractivity contribution in [3.63, 3.8) is 0 Å². The molecule has 1 aliphatic rings. The molecule has 0 aliphatic carbocycles. The molecule has 8 nitrogen and oxygen atoms in total. The predicted molar refractivity (Wildman–Crippen MR) is 118 cm³/mol. The summed E-state index contributed by atoms with van der Waals surface area (Å²) in [6.45, 7) is 8.07. The monoisotopic (exact) mass is 427 g/mol. The molecule has 1 heterocycles. The van der Waals surface area contributed by atoms with Gasteiger partial charge in [0.15, 0.2) is 0 Å².